The molecule has 0 saturated carbocycles. The van der Waals surface area contributed by atoms with Crippen molar-refractivity contribution < 1.29 is 32.9 Å². The van der Waals surface area contributed by atoms with E-state index in [2.05, 4.69) is 61.7 Å². The second-order valence-electron chi connectivity index (χ2n) is 17.5. The van der Waals surface area contributed by atoms with Gasteiger partial charge in [-0.3, -0.25) is 13.8 Å². The highest BCUT2D eigenvalue weighted by Gasteiger charge is 2.27. The number of phosphoric ester groups is 1. The third-order valence-electron chi connectivity index (χ3n) is 10.5. The monoisotopic (exact) mass is 850 g/mol. The lowest BCUT2D eigenvalue weighted by molar-refractivity contribution is -0.870. The topological polar surface area (TPSA) is 105 Å². The maximum Gasteiger partial charge on any atom is 0.472 e. The van der Waals surface area contributed by atoms with Crippen LogP contribution in [0.5, 0.6) is 0 Å². The molecule has 0 radical (unpaired) electrons. The predicted molar refractivity (Wildman–Crippen MR) is 254 cm³/mol. The molecule has 0 heterocycles. The summed E-state index contributed by atoms with van der Waals surface area (Å²) in [5.41, 5.74) is 0. The number of likely N-dealkylation sites (N-methyl/N-ethyl adjacent to an activating group) is 1. The second kappa shape index (κ2) is 41.5. The van der Waals surface area contributed by atoms with E-state index in [1.165, 1.54) is 135 Å². The van der Waals surface area contributed by atoms with E-state index in [4.69, 9.17) is 9.05 Å². The van der Waals surface area contributed by atoms with Crippen LogP contribution in [-0.4, -0.2) is 73.4 Å². The fourth-order valence-electron chi connectivity index (χ4n) is 6.59. The molecule has 0 aromatic heterocycles. The van der Waals surface area contributed by atoms with Gasteiger partial charge in [0, 0.05) is 6.42 Å². The minimum atomic E-state index is -4.37. The number of hydrogen-bond acceptors (Lipinski definition) is 5. The van der Waals surface area contributed by atoms with E-state index in [1.54, 1.807) is 6.08 Å². The summed E-state index contributed by atoms with van der Waals surface area (Å²) in [6.07, 6.45) is 54.7. The Balaban J connectivity index is 4.45. The number of aliphatic hydroxyl groups excluding tert-OH is 1. The van der Waals surface area contributed by atoms with Crippen LogP contribution in [0.25, 0.3) is 0 Å². The lowest BCUT2D eigenvalue weighted by atomic mass is 10.0. The molecule has 3 atom stereocenters. The number of aliphatic hydroxyl groups is 1. The van der Waals surface area contributed by atoms with Crippen molar-refractivity contribution in [1.29, 1.82) is 0 Å². The van der Waals surface area contributed by atoms with Gasteiger partial charge in [-0.05, 0) is 64.2 Å². The van der Waals surface area contributed by atoms with E-state index in [0.717, 1.165) is 38.5 Å². The molecule has 9 heteroatoms. The molecule has 0 aliphatic heterocycles. The molecule has 3 unspecified atom stereocenters. The molecule has 0 aromatic rings. The summed E-state index contributed by atoms with van der Waals surface area (Å²) in [6, 6.07) is -0.901. The van der Waals surface area contributed by atoms with Crippen molar-refractivity contribution in [2.24, 2.45) is 0 Å². The first kappa shape index (κ1) is 57.2. The normalized spacial score (nSPS) is 14.8. The number of allylic oxidation sites excluding steroid dienone is 9. The van der Waals surface area contributed by atoms with Gasteiger partial charge in [-0.1, -0.05) is 190 Å². The second-order valence-corrected chi connectivity index (χ2v) is 18.9. The van der Waals surface area contributed by atoms with Crippen molar-refractivity contribution in [1.82, 2.24) is 5.32 Å². The third-order valence-corrected chi connectivity index (χ3v) is 11.4. The van der Waals surface area contributed by atoms with Crippen LogP contribution < -0.4 is 5.32 Å². The number of phosphoric acid groups is 1. The van der Waals surface area contributed by atoms with E-state index in [9.17, 15) is 19.4 Å². The van der Waals surface area contributed by atoms with Gasteiger partial charge in [0.1, 0.15) is 13.2 Å². The quantitative estimate of drug-likeness (QED) is 0.0244. The van der Waals surface area contributed by atoms with Crippen LogP contribution in [0.3, 0.4) is 0 Å². The first-order valence-corrected chi connectivity index (χ1v) is 25.7. The van der Waals surface area contributed by atoms with E-state index >= 15 is 0 Å². The summed E-state index contributed by atoms with van der Waals surface area (Å²) >= 11 is 0. The fourth-order valence-corrected chi connectivity index (χ4v) is 7.33. The Kier molecular flexibility index (Phi) is 40.3. The van der Waals surface area contributed by atoms with Gasteiger partial charge in [-0.2, -0.15) is 0 Å². The minimum absolute atomic E-state index is 0.0423. The zero-order valence-electron chi connectivity index (χ0n) is 39.0. The Morgan fingerprint density at radius 2 is 0.983 bits per heavy atom. The fraction of sp³-hybridized carbons (Fsp3) is 0.780. The Morgan fingerprint density at radius 1 is 0.576 bits per heavy atom. The predicted octanol–water partition coefficient (Wildman–Crippen LogP) is 13.8. The Hall–Kier alpha value is -1.80. The molecule has 1 amide bonds. The maximum atomic E-state index is 12.8. The number of carbonyl (C=O) groups is 1. The van der Waals surface area contributed by atoms with Crippen molar-refractivity contribution in [3.8, 4) is 0 Å². The summed E-state index contributed by atoms with van der Waals surface area (Å²) < 4.78 is 23.5. The highest BCUT2D eigenvalue weighted by molar-refractivity contribution is 7.47. The lowest BCUT2D eigenvalue weighted by Gasteiger charge is -2.25. The van der Waals surface area contributed by atoms with Crippen molar-refractivity contribution in [2.75, 3.05) is 40.9 Å². The van der Waals surface area contributed by atoms with Gasteiger partial charge in [0.15, 0.2) is 0 Å². The van der Waals surface area contributed by atoms with E-state index in [0.29, 0.717) is 17.4 Å². The largest absolute Gasteiger partial charge is 0.472 e. The first-order valence-electron chi connectivity index (χ1n) is 24.2. The number of carbonyl (C=O) groups excluding carboxylic acids is 1. The zero-order chi connectivity index (χ0) is 43.6. The molecule has 3 N–H and O–H groups in total. The van der Waals surface area contributed by atoms with Gasteiger partial charge in [0.25, 0.3) is 0 Å². The van der Waals surface area contributed by atoms with Gasteiger partial charge in [0.2, 0.25) is 5.91 Å². The number of nitrogens with zero attached hydrogens (tertiary/aromatic N) is 1. The Bertz CT molecular complexity index is 1140. The summed E-state index contributed by atoms with van der Waals surface area (Å²) in [5.74, 6) is -0.260. The van der Waals surface area contributed by atoms with E-state index in [-0.39, 0.29) is 25.5 Å². The molecule has 0 fully saturated rings. The molecule has 0 aliphatic rings. The first-order chi connectivity index (χ1) is 28.5. The smallest absolute Gasteiger partial charge is 0.387 e. The average molecular weight is 850 g/mol. The van der Waals surface area contributed by atoms with Crippen LogP contribution in [0.15, 0.2) is 60.8 Å². The van der Waals surface area contributed by atoms with Gasteiger partial charge in [-0.15, -0.1) is 0 Å². The standard InChI is InChI=1S/C50H93N2O6P/c1-6-8-10-12-14-16-18-20-21-22-23-24-25-26-27-28-29-30-32-33-35-37-39-41-43-49(53)48(47-58-59(55,56)57-46-45-52(3,4)5)51-50(54)44-42-40-38-36-34-31-19-17-15-13-11-9-7-2/h28-29,31,33-35,38,40-41,43,48-49,53H,6-27,30,32,36-37,39,42,44-47H2,1-5H3,(H-,51,54,55,56)/p+1/b29-28+,34-31-,35-33+,40-38-,43-41+. The van der Waals surface area contributed by atoms with Crippen molar-refractivity contribution in [2.45, 2.75) is 212 Å². The Labute approximate surface area is 364 Å². The Morgan fingerprint density at radius 3 is 1.46 bits per heavy atom. The number of quaternary nitrogens is 1. The molecule has 0 aromatic carbocycles. The molecular formula is C50H94N2O6P+. The van der Waals surface area contributed by atoms with E-state index < -0.39 is 20.0 Å². The van der Waals surface area contributed by atoms with Crippen LogP contribution in [-0.2, 0) is 18.4 Å². The molecule has 59 heavy (non-hydrogen) atoms. The summed E-state index contributed by atoms with van der Waals surface area (Å²) in [4.78, 5) is 23.1. The zero-order valence-corrected chi connectivity index (χ0v) is 39.9. The highest BCUT2D eigenvalue weighted by Crippen LogP contribution is 2.43. The number of amides is 1. The number of rotatable bonds is 43. The molecule has 0 spiro atoms. The summed E-state index contributed by atoms with van der Waals surface area (Å²) in [5, 5.41) is 13.8. The van der Waals surface area contributed by atoms with Crippen LogP contribution in [0.2, 0.25) is 0 Å². The highest BCUT2D eigenvalue weighted by atomic mass is 31.2. The lowest BCUT2D eigenvalue weighted by Crippen LogP contribution is -2.45. The molecule has 0 rings (SSSR count). The molecule has 344 valence electrons. The van der Waals surface area contributed by atoms with Crippen molar-refractivity contribution in [3.05, 3.63) is 60.8 Å². The molecule has 0 saturated heterocycles. The summed E-state index contributed by atoms with van der Waals surface area (Å²) in [7, 11) is 1.51. The SMILES string of the molecule is CCCCCCCC/C=C\C/C=C\CCC(=O)NC(COP(=O)(O)OCC[N+](C)(C)C)C(O)/C=C/CC/C=C/CC/C=C/CCCCCCCCCCCCCCCC. The van der Waals surface area contributed by atoms with E-state index in [1.807, 2.05) is 33.3 Å². The van der Waals surface area contributed by atoms with Gasteiger partial charge < -0.3 is 19.8 Å². The average Bonchev–Trinajstić information content (AvgIpc) is 3.19. The van der Waals surface area contributed by atoms with Crippen LogP contribution >= 0.6 is 7.82 Å². The number of nitrogens with one attached hydrogen (secondary N) is 1. The van der Waals surface area contributed by atoms with Gasteiger partial charge in [-0.25, -0.2) is 4.57 Å². The van der Waals surface area contributed by atoms with Crippen LogP contribution in [0, 0.1) is 0 Å². The molecule has 0 bridgehead atoms. The van der Waals surface area contributed by atoms with Gasteiger partial charge >= 0.3 is 7.82 Å². The van der Waals surface area contributed by atoms with Crippen LogP contribution in [0.4, 0.5) is 0 Å². The molecular weight excluding hydrogens is 756 g/mol. The minimum Gasteiger partial charge on any atom is -0.387 e. The van der Waals surface area contributed by atoms with Crippen molar-refractivity contribution >= 4 is 13.7 Å². The van der Waals surface area contributed by atoms with Crippen LogP contribution in [0.1, 0.15) is 200 Å². The summed E-state index contributed by atoms with van der Waals surface area (Å²) in [6.45, 7) is 4.72. The van der Waals surface area contributed by atoms with Crippen molar-refractivity contribution in [3.63, 3.8) is 0 Å². The molecule has 8 nitrogen and oxygen atoms in total. The number of unbranched alkanes of at least 4 members (excludes halogenated alkanes) is 22. The third kappa shape index (κ3) is 44.1. The van der Waals surface area contributed by atoms with Gasteiger partial charge in [0.05, 0.1) is 39.9 Å². The molecule has 0 aliphatic carbocycles. The number of hydrogen-bond donors (Lipinski definition) is 3. The maximum absolute atomic E-state index is 12.8.